The first-order chi connectivity index (χ1) is 9.78. The molecule has 1 aromatic rings. The molecule has 8 heteroatoms. The van der Waals surface area contributed by atoms with Crippen molar-refractivity contribution < 1.29 is 8.42 Å². The fourth-order valence-corrected chi connectivity index (χ4v) is 5.48. The molecule has 2 heterocycles. The molecule has 1 aromatic heterocycles. The molecule has 1 fully saturated rings. The second-order valence-corrected chi connectivity index (χ2v) is 9.51. The summed E-state index contributed by atoms with van der Waals surface area (Å²) in [7, 11) is -3.54. The van der Waals surface area contributed by atoms with Crippen molar-refractivity contribution in [2.45, 2.75) is 44.0 Å². The van der Waals surface area contributed by atoms with Gasteiger partial charge in [-0.05, 0) is 27.3 Å². The summed E-state index contributed by atoms with van der Waals surface area (Å²) in [6.07, 6.45) is 0. The molecule has 2 N–H and O–H groups in total. The van der Waals surface area contributed by atoms with Gasteiger partial charge >= 0.3 is 0 Å². The average molecular weight is 332 g/mol. The van der Waals surface area contributed by atoms with Crippen molar-refractivity contribution in [2.24, 2.45) is 0 Å². The number of rotatable bonds is 5. The van der Waals surface area contributed by atoms with Gasteiger partial charge in [-0.1, -0.05) is 6.92 Å². The van der Waals surface area contributed by atoms with Gasteiger partial charge < -0.3 is 5.32 Å². The summed E-state index contributed by atoms with van der Waals surface area (Å²) >= 11 is 1.81. The Labute approximate surface area is 131 Å². The van der Waals surface area contributed by atoms with Gasteiger partial charge in [-0.3, -0.25) is 5.10 Å². The first kappa shape index (κ1) is 16.8. The van der Waals surface area contributed by atoms with Gasteiger partial charge in [-0.15, -0.1) is 0 Å². The monoisotopic (exact) mass is 332 g/mol. The lowest BCUT2D eigenvalue weighted by Crippen LogP contribution is -2.46. The Bertz CT molecular complexity index is 595. The zero-order valence-corrected chi connectivity index (χ0v) is 14.7. The molecule has 0 aliphatic carbocycles. The van der Waals surface area contributed by atoms with Crippen molar-refractivity contribution in [1.29, 1.82) is 0 Å². The van der Waals surface area contributed by atoms with Crippen molar-refractivity contribution >= 4 is 21.8 Å². The number of hydrogen-bond donors (Lipinski definition) is 2. The van der Waals surface area contributed by atoms with Gasteiger partial charge in [0.15, 0.2) is 5.03 Å². The molecular formula is C13H24N4O2S2. The molecule has 21 heavy (non-hydrogen) atoms. The molecule has 2 rings (SSSR count). The minimum Gasteiger partial charge on any atom is -0.313 e. The van der Waals surface area contributed by atoms with Gasteiger partial charge in [0.1, 0.15) is 0 Å². The normalized spacial score (nSPS) is 19.8. The summed E-state index contributed by atoms with van der Waals surface area (Å²) in [5.74, 6) is 0.818. The number of thioether (sulfide) groups is 1. The van der Waals surface area contributed by atoms with Crippen LogP contribution in [-0.4, -0.2) is 53.1 Å². The molecule has 1 aliphatic rings. The molecule has 0 spiro atoms. The van der Waals surface area contributed by atoms with E-state index >= 15 is 0 Å². The Hall–Kier alpha value is -0.570. The van der Waals surface area contributed by atoms with Gasteiger partial charge in [0, 0.05) is 41.4 Å². The van der Waals surface area contributed by atoms with Crippen LogP contribution in [0.25, 0.3) is 0 Å². The Kier molecular flexibility index (Phi) is 5.02. The molecule has 1 aliphatic heterocycles. The number of nitrogens with zero attached hydrogens (tertiary/aromatic N) is 2. The minimum atomic E-state index is -3.54. The van der Waals surface area contributed by atoms with Crippen LogP contribution in [0.2, 0.25) is 0 Å². The first-order valence-corrected chi connectivity index (χ1v) is 9.59. The van der Waals surface area contributed by atoms with Crippen LogP contribution in [0, 0.1) is 6.92 Å². The van der Waals surface area contributed by atoms with E-state index in [2.05, 4.69) is 29.4 Å². The lowest BCUT2D eigenvalue weighted by Gasteiger charge is -2.36. The van der Waals surface area contributed by atoms with Crippen molar-refractivity contribution in [1.82, 2.24) is 19.8 Å². The Morgan fingerprint density at radius 1 is 1.48 bits per heavy atom. The second-order valence-electron chi connectivity index (χ2n) is 5.86. The average Bonchev–Trinajstić information content (AvgIpc) is 2.77. The molecule has 0 saturated carbocycles. The molecule has 0 atom stereocenters. The summed E-state index contributed by atoms with van der Waals surface area (Å²) < 4.78 is 27.3. The van der Waals surface area contributed by atoms with Crippen LogP contribution in [0.4, 0.5) is 0 Å². The predicted molar refractivity (Wildman–Crippen MR) is 86.0 cm³/mol. The molecule has 0 unspecified atom stereocenters. The zero-order chi connectivity index (χ0) is 15.7. The minimum absolute atomic E-state index is 0.0570. The largest absolute Gasteiger partial charge is 0.313 e. The third-order valence-corrected chi connectivity index (χ3v) is 6.68. The SMILES string of the molecule is CCNCc1c(S(=O)(=O)N2CCSC(C)(C)C2)n[nH]c1C. The van der Waals surface area contributed by atoms with E-state index in [1.54, 1.807) is 4.31 Å². The highest BCUT2D eigenvalue weighted by atomic mass is 32.2. The van der Waals surface area contributed by atoms with E-state index in [-0.39, 0.29) is 9.77 Å². The van der Waals surface area contributed by atoms with Crippen LogP contribution in [0.1, 0.15) is 32.0 Å². The highest BCUT2D eigenvalue weighted by Crippen LogP contribution is 2.32. The van der Waals surface area contributed by atoms with Crippen LogP contribution >= 0.6 is 11.8 Å². The molecular weight excluding hydrogens is 308 g/mol. The van der Waals surface area contributed by atoms with Gasteiger partial charge in [-0.2, -0.15) is 21.2 Å². The standard InChI is InChI=1S/C13H24N4O2S2/c1-5-14-8-11-10(2)15-16-12(11)21(18,19)17-6-7-20-13(3,4)9-17/h14H,5-9H2,1-4H3,(H,15,16). The Morgan fingerprint density at radius 3 is 2.81 bits per heavy atom. The van der Waals surface area contributed by atoms with E-state index in [1.165, 1.54) is 0 Å². The van der Waals surface area contributed by atoms with E-state index in [0.29, 0.717) is 19.6 Å². The van der Waals surface area contributed by atoms with Crippen LogP contribution in [-0.2, 0) is 16.6 Å². The smallest absolute Gasteiger partial charge is 0.262 e. The summed E-state index contributed by atoms with van der Waals surface area (Å²) in [5, 5.41) is 10.2. The topological polar surface area (TPSA) is 78.1 Å². The van der Waals surface area contributed by atoms with Gasteiger partial charge in [0.25, 0.3) is 10.0 Å². The maximum Gasteiger partial charge on any atom is 0.262 e. The van der Waals surface area contributed by atoms with Crippen molar-refractivity contribution in [3.8, 4) is 0 Å². The lowest BCUT2D eigenvalue weighted by atomic mass is 10.2. The number of nitrogens with one attached hydrogen (secondary N) is 2. The molecule has 0 radical (unpaired) electrons. The van der Waals surface area contributed by atoms with Gasteiger partial charge in [0.2, 0.25) is 0 Å². The molecule has 6 nitrogen and oxygen atoms in total. The zero-order valence-electron chi connectivity index (χ0n) is 13.1. The number of H-pyrrole nitrogens is 1. The van der Waals surface area contributed by atoms with Gasteiger partial charge in [0.05, 0.1) is 0 Å². The molecule has 0 amide bonds. The quantitative estimate of drug-likeness (QED) is 0.851. The van der Waals surface area contributed by atoms with E-state index in [4.69, 9.17) is 0 Å². The summed E-state index contributed by atoms with van der Waals surface area (Å²) in [4.78, 5) is 0. The van der Waals surface area contributed by atoms with Crippen LogP contribution in [0.5, 0.6) is 0 Å². The Balaban J connectivity index is 2.31. The number of aromatic amines is 1. The number of hydrogen-bond acceptors (Lipinski definition) is 5. The Morgan fingerprint density at radius 2 is 2.19 bits per heavy atom. The summed E-state index contributed by atoms with van der Waals surface area (Å²) in [5.41, 5.74) is 1.55. The highest BCUT2D eigenvalue weighted by molar-refractivity contribution is 8.00. The second kappa shape index (κ2) is 6.28. The fourth-order valence-electron chi connectivity index (χ4n) is 2.40. The van der Waals surface area contributed by atoms with Crippen LogP contribution in [0.15, 0.2) is 5.03 Å². The van der Waals surface area contributed by atoms with E-state index in [0.717, 1.165) is 23.6 Å². The first-order valence-electron chi connectivity index (χ1n) is 7.16. The van der Waals surface area contributed by atoms with Crippen molar-refractivity contribution in [3.63, 3.8) is 0 Å². The lowest BCUT2D eigenvalue weighted by molar-refractivity contribution is 0.385. The molecule has 0 bridgehead atoms. The van der Waals surface area contributed by atoms with E-state index < -0.39 is 10.0 Å². The maximum absolute atomic E-state index is 12.9. The third kappa shape index (κ3) is 3.61. The fraction of sp³-hybridized carbons (Fsp3) is 0.769. The summed E-state index contributed by atoms with van der Waals surface area (Å²) in [6, 6.07) is 0. The molecule has 120 valence electrons. The predicted octanol–water partition coefficient (Wildman–Crippen LogP) is 1.34. The molecule has 1 saturated heterocycles. The third-order valence-electron chi connectivity index (χ3n) is 3.56. The van der Waals surface area contributed by atoms with Crippen molar-refractivity contribution in [3.05, 3.63) is 11.3 Å². The van der Waals surface area contributed by atoms with Gasteiger partial charge in [-0.25, -0.2) is 8.42 Å². The number of aryl methyl sites for hydroxylation is 1. The van der Waals surface area contributed by atoms with E-state index in [1.807, 2.05) is 25.6 Å². The van der Waals surface area contributed by atoms with Crippen LogP contribution in [0.3, 0.4) is 0 Å². The number of sulfonamides is 1. The maximum atomic E-state index is 12.9. The van der Waals surface area contributed by atoms with E-state index in [9.17, 15) is 8.42 Å². The van der Waals surface area contributed by atoms with Crippen LogP contribution < -0.4 is 5.32 Å². The number of aromatic nitrogens is 2. The molecule has 0 aromatic carbocycles. The highest BCUT2D eigenvalue weighted by Gasteiger charge is 2.37. The summed E-state index contributed by atoms with van der Waals surface area (Å²) in [6.45, 7) is 10.4. The van der Waals surface area contributed by atoms with Crippen molar-refractivity contribution in [2.75, 3.05) is 25.4 Å².